The van der Waals surface area contributed by atoms with E-state index in [1.54, 1.807) is 50.7 Å². The molecule has 0 unspecified atom stereocenters. The summed E-state index contributed by atoms with van der Waals surface area (Å²) in [5, 5.41) is 12.3. The van der Waals surface area contributed by atoms with Crippen LogP contribution in [0.4, 0.5) is 10.6 Å². The first kappa shape index (κ1) is 23.9. The fourth-order valence-corrected chi connectivity index (χ4v) is 3.64. The maximum absolute atomic E-state index is 12.9. The standard InChI is InChI=1S/C23H21ClN6O5/c1-12-7-17(27-22(34)35-23(2,3)4)26-9-16(12)30-10-14(21(32)33)18(31)13-8-15(24)20(28-19(13)30)29-6-5-25-11-29/h5-11H,1-4H3,(H,32,33)(H,26,27,34). The summed E-state index contributed by atoms with van der Waals surface area (Å²) < 4.78 is 8.27. The third-order valence-electron chi connectivity index (χ3n) is 4.86. The van der Waals surface area contributed by atoms with Crippen LogP contribution in [-0.4, -0.2) is 46.9 Å². The molecule has 0 fully saturated rings. The lowest BCUT2D eigenvalue weighted by atomic mass is 10.1. The van der Waals surface area contributed by atoms with Crippen molar-refractivity contribution in [3.63, 3.8) is 0 Å². The van der Waals surface area contributed by atoms with Gasteiger partial charge in [0.2, 0.25) is 5.43 Å². The quantitative estimate of drug-likeness (QED) is 0.432. The van der Waals surface area contributed by atoms with Crippen molar-refractivity contribution in [1.82, 2.24) is 24.1 Å². The molecule has 4 heterocycles. The molecule has 0 aromatic carbocycles. The second kappa shape index (κ2) is 8.84. The summed E-state index contributed by atoms with van der Waals surface area (Å²) >= 11 is 6.37. The number of pyridine rings is 3. The number of hydrogen-bond acceptors (Lipinski definition) is 7. The van der Waals surface area contributed by atoms with Crippen LogP contribution in [0, 0.1) is 6.92 Å². The van der Waals surface area contributed by atoms with Crippen LogP contribution < -0.4 is 10.7 Å². The van der Waals surface area contributed by atoms with E-state index in [2.05, 4.69) is 20.3 Å². The van der Waals surface area contributed by atoms with Gasteiger partial charge in [0.1, 0.15) is 23.3 Å². The molecular formula is C23H21ClN6O5. The third-order valence-corrected chi connectivity index (χ3v) is 5.14. The molecule has 0 atom stereocenters. The Bertz CT molecular complexity index is 1520. The fourth-order valence-electron chi connectivity index (χ4n) is 3.39. The summed E-state index contributed by atoms with van der Waals surface area (Å²) in [6, 6.07) is 2.97. The van der Waals surface area contributed by atoms with E-state index < -0.39 is 28.7 Å². The Labute approximate surface area is 204 Å². The Hall–Kier alpha value is -4.25. The van der Waals surface area contributed by atoms with Crippen molar-refractivity contribution in [1.29, 1.82) is 0 Å². The summed E-state index contributed by atoms with van der Waals surface area (Å²) in [5.41, 5.74) is -0.621. The third kappa shape index (κ3) is 4.85. The van der Waals surface area contributed by atoms with E-state index in [-0.39, 0.29) is 21.9 Å². The zero-order chi connectivity index (χ0) is 25.5. The zero-order valence-corrected chi connectivity index (χ0v) is 20.0. The molecule has 2 N–H and O–H groups in total. The van der Waals surface area contributed by atoms with Crippen LogP contribution in [0.25, 0.3) is 22.5 Å². The number of amides is 1. The number of aryl methyl sites for hydroxylation is 1. The van der Waals surface area contributed by atoms with Gasteiger partial charge in [0.05, 0.1) is 22.3 Å². The number of hydrogen-bond donors (Lipinski definition) is 2. The lowest BCUT2D eigenvalue weighted by molar-refractivity contribution is 0.0633. The highest BCUT2D eigenvalue weighted by molar-refractivity contribution is 6.32. The van der Waals surface area contributed by atoms with Gasteiger partial charge in [0.25, 0.3) is 0 Å². The van der Waals surface area contributed by atoms with Crippen LogP contribution in [0.3, 0.4) is 0 Å². The predicted molar refractivity (Wildman–Crippen MR) is 129 cm³/mol. The van der Waals surface area contributed by atoms with Crippen LogP contribution in [0.1, 0.15) is 36.7 Å². The van der Waals surface area contributed by atoms with E-state index in [1.807, 2.05) is 0 Å². The summed E-state index contributed by atoms with van der Waals surface area (Å²) in [7, 11) is 0. The molecule has 4 aromatic heterocycles. The molecule has 4 rings (SSSR count). The van der Waals surface area contributed by atoms with Gasteiger partial charge in [-0.3, -0.25) is 19.2 Å². The molecule has 0 saturated heterocycles. The number of fused-ring (bicyclic) bond motifs is 1. The number of nitrogens with zero attached hydrogens (tertiary/aromatic N) is 5. The lowest BCUT2D eigenvalue weighted by Gasteiger charge is -2.20. The van der Waals surface area contributed by atoms with Crippen LogP contribution >= 0.6 is 11.6 Å². The van der Waals surface area contributed by atoms with Gasteiger partial charge in [-0.1, -0.05) is 11.6 Å². The van der Waals surface area contributed by atoms with E-state index in [0.29, 0.717) is 17.1 Å². The Balaban J connectivity index is 1.88. The second-order valence-corrected chi connectivity index (χ2v) is 9.07. The van der Waals surface area contributed by atoms with Gasteiger partial charge in [-0.25, -0.2) is 24.5 Å². The van der Waals surface area contributed by atoms with Crippen molar-refractivity contribution >= 4 is 40.5 Å². The van der Waals surface area contributed by atoms with E-state index in [9.17, 15) is 19.5 Å². The van der Waals surface area contributed by atoms with E-state index >= 15 is 0 Å². The second-order valence-electron chi connectivity index (χ2n) is 8.66. The zero-order valence-electron chi connectivity index (χ0n) is 19.2. The van der Waals surface area contributed by atoms with Crippen molar-refractivity contribution in [2.24, 2.45) is 0 Å². The van der Waals surface area contributed by atoms with Gasteiger partial charge < -0.3 is 9.84 Å². The molecule has 11 nitrogen and oxygen atoms in total. The summed E-state index contributed by atoms with van der Waals surface area (Å²) in [6.45, 7) is 6.97. The SMILES string of the molecule is Cc1cc(NC(=O)OC(C)(C)C)ncc1-n1cc(C(=O)O)c(=O)c2cc(Cl)c(-n3ccnc3)nc21. The summed E-state index contributed by atoms with van der Waals surface area (Å²) in [4.78, 5) is 49.6. The molecule has 35 heavy (non-hydrogen) atoms. The number of carboxylic acid groups (broad SMARTS) is 1. The van der Waals surface area contributed by atoms with Gasteiger partial charge in [0, 0.05) is 18.6 Å². The number of carbonyl (C=O) groups excluding carboxylic acids is 1. The van der Waals surface area contributed by atoms with Gasteiger partial charge in [-0.15, -0.1) is 0 Å². The number of ether oxygens (including phenoxy) is 1. The molecule has 0 saturated carbocycles. The molecule has 4 aromatic rings. The van der Waals surface area contributed by atoms with Gasteiger partial charge >= 0.3 is 12.1 Å². The van der Waals surface area contributed by atoms with E-state index in [0.717, 1.165) is 0 Å². The smallest absolute Gasteiger partial charge is 0.413 e. The number of aromatic carboxylic acids is 1. The van der Waals surface area contributed by atoms with E-state index in [4.69, 9.17) is 16.3 Å². The number of rotatable bonds is 4. The first-order valence-corrected chi connectivity index (χ1v) is 10.8. The lowest BCUT2D eigenvalue weighted by Crippen LogP contribution is -2.27. The Kier molecular flexibility index (Phi) is 6.03. The number of aromatic nitrogens is 5. The number of carbonyl (C=O) groups is 2. The number of nitrogens with one attached hydrogen (secondary N) is 1. The van der Waals surface area contributed by atoms with Crippen molar-refractivity contribution in [2.75, 3.05) is 5.32 Å². The van der Waals surface area contributed by atoms with Gasteiger partial charge in [0.15, 0.2) is 11.5 Å². The topological polar surface area (TPSA) is 141 Å². The monoisotopic (exact) mass is 496 g/mol. The van der Waals surface area contributed by atoms with Gasteiger partial charge in [-0.2, -0.15) is 0 Å². The fraction of sp³-hybridized carbons (Fsp3) is 0.217. The van der Waals surface area contributed by atoms with Crippen molar-refractivity contribution in [3.8, 4) is 11.5 Å². The number of imidazole rings is 1. The predicted octanol–water partition coefficient (Wildman–Crippen LogP) is 3.97. The Morgan fingerprint density at radius 1 is 1.23 bits per heavy atom. The minimum absolute atomic E-state index is 0.0223. The normalized spacial score (nSPS) is 11.5. The van der Waals surface area contributed by atoms with Gasteiger partial charge in [-0.05, 0) is 45.4 Å². The van der Waals surface area contributed by atoms with Crippen LogP contribution in [0.5, 0.6) is 0 Å². The minimum Gasteiger partial charge on any atom is -0.477 e. The summed E-state index contributed by atoms with van der Waals surface area (Å²) in [6.07, 6.45) is 6.64. The summed E-state index contributed by atoms with van der Waals surface area (Å²) in [5.74, 6) is -0.851. The number of halogens is 1. The van der Waals surface area contributed by atoms with Crippen LogP contribution in [-0.2, 0) is 4.74 Å². The van der Waals surface area contributed by atoms with Crippen LogP contribution in [0.15, 0.2) is 48.0 Å². The molecule has 0 aliphatic rings. The molecule has 0 bridgehead atoms. The number of carboxylic acids is 1. The molecular weight excluding hydrogens is 476 g/mol. The van der Waals surface area contributed by atoms with Crippen LogP contribution in [0.2, 0.25) is 5.02 Å². The average molecular weight is 497 g/mol. The highest BCUT2D eigenvalue weighted by Gasteiger charge is 2.21. The van der Waals surface area contributed by atoms with Crippen molar-refractivity contribution < 1.29 is 19.4 Å². The largest absolute Gasteiger partial charge is 0.477 e. The molecule has 0 spiro atoms. The Morgan fingerprint density at radius 2 is 1.97 bits per heavy atom. The molecule has 0 aliphatic carbocycles. The first-order valence-electron chi connectivity index (χ1n) is 10.4. The average Bonchev–Trinajstić information content (AvgIpc) is 3.27. The minimum atomic E-state index is -1.39. The maximum atomic E-state index is 12.9. The molecule has 180 valence electrons. The van der Waals surface area contributed by atoms with Crippen molar-refractivity contribution in [3.05, 3.63) is 69.6 Å². The number of anilines is 1. The van der Waals surface area contributed by atoms with E-state index in [1.165, 1.54) is 29.4 Å². The highest BCUT2D eigenvalue weighted by atomic mass is 35.5. The molecule has 0 radical (unpaired) electrons. The Morgan fingerprint density at radius 3 is 2.57 bits per heavy atom. The molecule has 0 aliphatic heterocycles. The maximum Gasteiger partial charge on any atom is 0.413 e. The molecule has 1 amide bonds. The molecule has 12 heteroatoms. The highest BCUT2D eigenvalue weighted by Crippen LogP contribution is 2.26. The first-order chi connectivity index (χ1) is 16.4. The van der Waals surface area contributed by atoms with Crippen molar-refractivity contribution in [2.45, 2.75) is 33.3 Å².